The third-order valence-corrected chi connectivity index (χ3v) is 7.37. The van der Waals surface area contributed by atoms with Gasteiger partial charge in [0.2, 0.25) is 0 Å². The second kappa shape index (κ2) is 13.1. The molecule has 1 heterocycles. The van der Waals surface area contributed by atoms with Gasteiger partial charge in [-0.15, -0.1) is 0 Å². The number of nitrogens with one attached hydrogen (secondary N) is 2. The summed E-state index contributed by atoms with van der Waals surface area (Å²) in [6.45, 7) is 8.12. The molecule has 0 saturated carbocycles. The third-order valence-electron chi connectivity index (χ3n) is 6.15. The van der Waals surface area contributed by atoms with Crippen LogP contribution in [0.3, 0.4) is 0 Å². The number of aromatic nitrogens is 1. The smallest absolute Gasteiger partial charge is 0.410 e. The minimum absolute atomic E-state index is 0.172. The van der Waals surface area contributed by atoms with Gasteiger partial charge < -0.3 is 19.4 Å². The van der Waals surface area contributed by atoms with Gasteiger partial charge in [-0.3, -0.25) is 4.79 Å². The molecular formula is C31H34FN3O5S. The van der Waals surface area contributed by atoms with E-state index < -0.39 is 22.7 Å². The van der Waals surface area contributed by atoms with Crippen LogP contribution in [-0.2, 0) is 15.7 Å². The van der Waals surface area contributed by atoms with Gasteiger partial charge in [0.15, 0.2) is 0 Å². The molecule has 2 N–H and O–H groups in total. The van der Waals surface area contributed by atoms with E-state index in [1.54, 1.807) is 57.2 Å². The molecule has 0 aliphatic carbocycles. The van der Waals surface area contributed by atoms with E-state index >= 15 is 0 Å². The van der Waals surface area contributed by atoms with Crippen molar-refractivity contribution in [2.75, 3.05) is 26.2 Å². The molecule has 0 saturated heterocycles. The van der Waals surface area contributed by atoms with Gasteiger partial charge in [-0.1, -0.05) is 29.8 Å². The van der Waals surface area contributed by atoms with E-state index in [0.29, 0.717) is 21.4 Å². The SMILES string of the molecule is Cc1ccc(OCCN(CCNS(=O)c2cccc3c(=O)[nH]ccc23)C(=O)OC(C)(C)C)c(-c2ccc(F)cc2)c1. The van der Waals surface area contributed by atoms with Gasteiger partial charge in [0.1, 0.15) is 34.8 Å². The van der Waals surface area contributed by atoms with Crippen molar-refractivity contribution in [1.29, 1.82) is 0 Å². The number of H-pyrrole nitrogens is 1. The van der Waals surface area contributed by atoms with Gasteiger partial charge in [0, 0.05) is 35.6 Å². The van der Waals surface area contributed by atoms with Gasteiger partial charge in [0.25, 0.3) is 5.56 Å². The van der Waals surface area contributed by atoms with E-state index in [1.165, 1.54) is 23.2 Å². The van der Waals surface area contributed by atoms with Crippen LogP contribution in [0.15, 0.2) is 82.6 Å². The van der Waals surface area contributed by atoms with Crippen LogP contribution >= 0.6 is 0 Å². The molecule has 0 spiro atoms. The fourth-order valence-corrected chi connectivity index (χ4v) is 5.23. The largest absolute Gasteiger partial charge is 0.491 e. The highest BCUT2D eigenvalue weighted by molar-refractivity contribution is 7.83. The lowest BCUT2D eigenvalue weighted by atomic mass is 10.0. The van der Waals surface area contributed by atoms with Gasteiger partial charge in [0.05, 0.1) is 11.4 Å². The van der Waals surface area contributed by atoms with Crippen molar-refractivity contribution in [3.63, 3.8) is 0 Å². The van der Waals surface area contributed by atoms with Crippen LogP contribution in [0.25, 0.3) is 21.9 Å². The van der Waals surface area contributed by atoms with Crippen molar-refractivity contribution in [1.82, 2.24) is 14.6 Å². The maximum atomic E-state index is 13.5. The highest BCUT2D eigenvalue weighted by Gasteiger charge is 2.22. The zero-order valence-electron chi connectivity index (χ0n) is 23.5. The third kappa shape index (κ3) is 8.02. The topological polar surface area (TPSA) is 101 Å². The predicted molar refractivity (Wildman–Crippen MR) is 159 cm³/mol. The Morgan fingerprint density at radius 1 is 1.02 bits per heavy atom. The fourth-order valence-electron chi connectivity index (χ4n) is 4.22. The molecule has 0 aliphatic rings. The van der Waals surface area contributed by atoms with Crippen molar-refractivity contribution in [2.24, 2.45) is 0 Å². The van der Waals surface area contributed by atoms with Gasteiger partial charge in [-0.25, -0.2) is 18.1 Å². The zero-order chi connectivity index (χ0) is 29.6. The average molecular weight is 580 g/mol. The molecule has 10 heteroatoms. The van der Waals surface area contributed by atoms with E-state index in [9.17, 15) is 18.2 Å². The summed E-state index contributed by atoms with van der Waals surface area (Å²) in [4.78, 5) is 29.7. The number of carbonyl (C=O) groups excluding carboxylic acids is 1. The number of rotatable bonds is 10. The monoisotopic (exact) mass is 579 g/mol. The maximum absolute atomic E-state index is 13.5. The van der Waals surface area contributed by atoms with Crippen LogP contribution < -0.4 is 15.0 Å². The van der Waals surface area contributed by atoms with Crippen molar-refractivity contribution in [3.8, 4) is 16.9 Å². The molecule has 8 nitrogen and oxygen atoms in total. The molecule has 41 heavy (non-hydrogen) atoms. The molecule has 216 valence electrons. The van der Waals surface area contributed by atoms with Crippen LogP contribution in [0.5, 0.6) is 5.75 Å². The number of aryl methyl sites for hydroxylation is 1. The Balaban J connectivity index is 1.43. The molecule has 1 aromatic heterocycles. The molecule has 0 fully saturated rings. The summed E-state index contributed by atoms with van der Waals surface area (Å²) in [7, 11) is -1.62. The lowest BCUT2D eigenvalue weighted by Gasteiger charge is -2.27. The van der Waals surface area contributed by atoms with Gasteiger partial charge in [-0.2, -0.15) is 0 Å². The lowest BCUT2D eigenvalue weighted by Crippen LogP contribution is -2.42. The molecule has 1 unspecified atom stereocenters. The predicted octanol–water partition coefficient (Wildman–Crippen LogP) is 5.57. The van der Waals surface area contributed by atoms with Crippen LogP contribution in [0, 0.1) is 12.7 Å². The Kier molecular flexibility index (Phi) is 9.57. The number of ether oxygens (including phenoxy) is 2. The number of benzene rings is 3. The number of hydrogen-bond donors (Lipinski definition) is 2. The molecule has 4 rings (SSSR count). The van der Waals surface area contributed by atoms with E-state index in [2.05, 4.69) is 9.71 Å². The Bertz CT molecular complexity index is 1600. The normalized spacial score (nSPS) is 12.2. The average Bonchev–Trinajstić information content (AvgIpc) is 2.92. The number of aromatic amines is 1. The first-order chi connectivity index (χ1) is 19.5. The molecule has 4 aromatic rings. The lowest BCUT2D eigenvalue weighted by molar-refractivity contribution is 0.0231. The Labute approximate surface area is 241 Å². The summed E-state index contributed by atoms with van der Waals surface area (Å²) in [5.74, 6) is 0.289. The number of fused-ring (bicyclic) bond motifs is 1. The molecule has 1 amide bonds. The van der Waals surface area contributed by atoms with Crippen molar-refractivity contribution in [2.45, 2.75) is 38.2 Å². The fraction of sp³-hybridized carbons (Fsp3) is 0.290. The number of carbonyl (C=O) groups is 1. The first kappa shape index (κ1) is 30.0. The molecular weight excluding hydrogens is 545 g/mol. The standard InChI is InChI=1S/C31H34FN3O5S/c1-21-8-13-27(26(20-21)22-9-11-23(32)12-10-22)39-19-18-35(30(37)40-31(2,3)4)17-16-34-41(38)28-7-5-6-25-24(28)14-15-33-29(25)36/h5-15,20,34H,16-19H2,1-4H3,(H,33,36). The second-order valence-corrected chi connectivity index (χ2v) is 11.8. The highest BCUT2D eigenvalue weighted by Crippen LogP contribution is 2.31. The highest BCUT2D eigenvalue weighted by atomic mass is 32.2. The van der Waals surface area contributed by atoms with Crippen LogP contribution in [0.4, 0.5) is 9.18 Å². The van der Waals surface area contributed by atoms with Crippen LogP contribution in [0.2, 0.25) is 0 Å². The minimum Gasteiger partial charge on any atom is -0.491 e. The van der Waals surface area contributed by atoms with Crippen LogP contribution in [0.1, 0.15) is 26.3 Å². The molecule has 0 aliphatic heterocycles. The Morgan fingerprint density at radius 3 is 2.51 bits per heavy atom. The Morgan fingerprint density at radius 2 is 1.78 bits per heavy atom. The summed E-state index contributed by atoms with van der Waals surface area (Å²) in [6, 6.07) is 18.7. The number of amides is 1. The van der Waals surface area contributed by atoms with Gasteiger partial charge >= 0.3 is 6.09 Å². The summed E-state index contributed by atoms with van der Waals surface area (Å²) in [6.07, 6.45) is 0.999. The number of halogens is 1. The zero-order valence-corrected chi connectivity index (χ0v) is 24.3. The van der Waals surface area contributed by atoms with Crippen molar-refractivity contribution < 1.29 is 22.9 Å². The van der Waals surface area contributed by atoms with E-state index in [0.717, 1.165) is 16.7 Å². The summed E-state index contributed by atoms with van der Waals surface area (Å²) >= 11 is 0. The van der Waals surface area contributed by atoms with E-state index in [-0.39, 0.29) is 37.6 Å². The first-order valence-electron chi connectivity index (χ1n) is 13.2. The summed E-state index contributed by atoms with van der Waals surface area (Å²) in [5.41, 5.74) is 1.71. The summed E-state index contributed by atoms with van der Waals surface area (Å²) in [5, 5.41) is 1.04. The number of hydrogen-bond acceptors (Lipinski definition) is 5. The molecule has 3 aromatic carbocycles. The Hall–Kier alpha value is -4.02. The minimum atomic E-state index is -1.62. The van der Waals surface area contributed by atoms with E-state index in [1.807, 2.05) is 25.1 Å². The van der Waals surface area contributed by atoms with Gasteiger partial charge in [-0.05, 0) is 75.7 Å². The van der Waals surface area contributed by atoms with Crippen LogP contribution in [-0.4, -0.2) is 52.0 Å². The quantitative estimate of drug-likeness (QED) is 0.256. The van der Waals surface area contributed by atoms with Crippen molar-refractivity contribution >= 4 is 27.9 Å². The summed E-state index contributed by atoms with van der Waals surface area (Å²) < 4.78 is 41.2. The van der Waals surface area contributed by atoms with Crippen molar-refractivity contribution in [3.05, 3.63) is 94.7 Å². The maximum Gasteiger partial charge on any atom is 0.410 e. The number of pyridine rings is 1. The number of nitrogens with zero attached hydrogens (tertiary/aromatic N) is 1. The molecule has 0 bridgehead atoms. The molecule has 1 atom stereocenters. The van der Waals surface area contributed by atoms with E-state index in [4.69, 9.17) is 9.47 Å². The first-order valence-corrected chi connectivity index (χ1v) is 14.4. The molecule has 0 radical (unpaired) electrons. The second-order valence-electron chi connectivity index (χ2n) is 10.5.